The molecule has 1 aromatic heterocycles. The van der Waals surface area contributed by atoms with Gasteiger partial charge in [0.05, 0.1) is 42.2 Å². The second kappa shape index (κ2) is 9.78. The number of hydrogen-bond acceptors (Lipinski definition) is 9. The zero-order chi connectivity index (χ0) is 26.3. The van der Waals surface area contributed by atoms with E-state index in [0.717, 1.165) is 5.56 Å². The molecular formula is C27H26N2O7S. The van der Waals surface area contributed by atoms with Crippen LogP contribution in [0.5, 0.6) is 23.0 Å². The highest BCUT2D eigenvalue weighted by Crippen LogP contribution is 2.36. The lowest BCUT2D eigenvalue weighted by Gasteiger charge is -2.25. The van der Waals surface area contributed by atoms with Crippen LogP contribution in [0.15, 0.2) is 57.5 Å². The number of carbonyl (C=O) groups is 1. The van der Waals surface area contributed by atoms with Gasteiger partial charge in [-0.15, -0.1) is 0 Å². The molecule has 10 heteroatoms. The van der Waals surface area contributed by atoms with Crippen molar-refractivity contribution in [1.29, 1.82) is 0 Å². The minimum atomic E-state index is -0.760. The largest absolute Gasteiger partial charge is 0.493 e. The Morgan fingerprint density at radius 2 is 1.92 bits per heavy atom. The lowest BCUT2D eigenvalue weighted by Crippen LogP contribution is -2.39. The Hall–Kier alpha value is -4.05. The summed E-state index contributed by atoms with van der Waals surface area (Å²) in [5.74, 6) is 1.79. The van der Waals surface area contributed by atoms with Crippen LogP contribution < -0.4 is 33.8 Å². The van der Waals surface area contributed by atoms with Gasteiger partial charge < -0.3 is 23.7 Å². The lowest BCUT2D eigenvalue weighted by molar-refractivity contribution is -0.136. The number of methoxy groups -OCH3 is 2. The van der Waals surface area contributed by atoms with E-state index in [1.807, 2.05) is 32.0 Å². The van der Waals surface area contributed by atoms with Gasteiger partial charge in [0.2, 0.25) is 6.79 Å². The minimum Gasteiger partial charge on any atom is -0.493 e. The number of allylic oxidation sites excluding steroid dienone is 1. The molecule has 2 aromatic carbocycles. The Kier molecular flexibility index (Phi) is 6.51. The summed E-state index contributed by atoms with van der Waals surface area (Å²) in [5, 5.41) is 0. The van der Waals surface area contributed by atoms with Crippen LogP contribution in [0.4, 0.5) is 0 Å². The van der Waals surface area contributed by atoms with Gasteiger partial charge in [-0.25, -0.2) is 9.79 Å². The number of carbonyl (C=O) groups excluding carboxylic acids is 1. The highest BCUT2D eigenvalue weighted by molar-refractivity contribution is 7.07. The van der Waals surface area contributed by atoms with Gasteiger partial charge >= 0.3 is 5.97 Å². The molecule has 0 N–H and O–H groups in total. The number of nitrogens with zero attached hydrogens (tertiary/aromatic N) is 2. The standard InChI is InChI=1S/C27H26N2O7S/c1-14(2)36-19-9-7-17(12-20(19)32-4)24-23(26(31)33-5)15(3)28-27-29(24)25(30)22(37-27)11-16-6-8-18-21(10-16)35-13-34-18/h6-12,14,24H,13H2,1-5H3/t24-/m1/s1. The first-order valence-corrected chi connectivity index (χ1v) is 12.5. The van der Waals surface area contributed by atoms with E-state index in [2.05, 4.69) is 4.99 Å². The maximum Gasteiger partial charge on any atom is 0.338 e. The van der Waals surface area contributed by atoms with E-state index >= 15 is 0 Å². The van der Waals surface area contributed by atoms with Crippen molar-refractivity contribution in [1.82, 2.24) is 4.57 Å². The van der Waals surface area contributed by atoms with Crippen LogP contribution in [-0.2, 0) is 9.53 Å². The van der Waals surface area contributed by atoms with Gasteiger partial charge in [-0.05, 0) is 62.2 Å². The number of esters is 1. The topological polar surface area (TPSA) is 97.6 Å². The van der Waals surface area contributed by atoms with Crippen molar-refractivity contribution in [3.05, 3.63) is 78.5 Å². The molecule has 37 heavy (non-hydrogen) atoms. The Morgan fingerprint density at radius 3 is 2.65 bits per heavy atom. The minimum absolute atomic E-state index is 0.0543. The molecule has 2 aliphatic rings. The third-order valence-electron chi connectivity index (χ3n) is 5.99. The molecule has 5 rings (SSSR count). The first kappa shape index (κ1) is 24.6. The van der Waals surface area contributed by atoms with E-state index in [4.69, 9.17) is 23.7 Å². The molecule has 0 amide bonds. The highest BCUT2D eigenvalue weighted by Gasteiger charge is 2.33. The lowest BCUT2D eigenvalue weighted by atomic mass is 9.95. The third-order valence-corrected chi connectivity index (χ3v) is 6.97. The Balaban J connectivity index is 1.68. The predicted molar refractivity (Wildman–Crippen MR) is 137 cm³/mol. The first-order chi connectivity index (χ1) is 17.8. The summed E-state index contributed by atoms with van der Waals surface area (Å²) < 4.78 is 29.3. The van der Waals surface area contributed by atoms with Crippen LogP contribution in [0, 0.1) is 0 Å². The molecule has 0 saturated heterocycles. The molecule has 3 aromatic rings. The normalized spacial score (nSPS) is 16.5. The smallest absolute Gasteiger partial charge is 0.338 e. The van der Waals surface area contributed by atoms with Crippen LogP contribution in [-0.4, -0.2) is 37.7 Å². The molecule has 2 aliphatic heterocycles. The van der Waals surface area contributed by atoms with Crippen LogP contribution >= 0.6 is 11.3 Å². The molecule has 3 heterocycles. The molecule has 0 spiro atoms. The summed E-state index contributed by atoms with van der Waals surface area (Å²) in [6.45, 7) is 5.75. The molecule has 0 aliphatic carbocycles. The number of rotatable bonds is 6. The number of fused-ring (bicyclic) bond motifs is 2. The van der Waals surface area contributed by atoms with Gasteiger partial charge in [0.15, 0.2) is 27.8 Å². The molecule has 9 nitrogen and oxygen atoms in total. The van der Waals surface area contributed by atoms with Gasteiger partial charge in [0.25, 0.3) is 5.56 Å². The zero-order valence-electron chi connectivity index (χ0n) is 21.1. The maximum atomic E-state index is 13.8. The zero-order valence-corrected chi connectivity index (χ0v) is 21.9. The Morgan fingerprint density at radius 1 is 1.14 bits per heavy atom. The molecule has 192 valence electrons. The van der Waals surface area contributed by atoms with Crippen LogP contribution in [0.1, 0.15) is 37.9 Å². The maximum absolute atomic E-state index is 13.8. The van der Waals surface area contributed by atoms with Crippen LogP contribution in [0.2, 0.25) is 0 Å². The van der Waals surface area contributed by atoms with Crippen molar-refractivity contribution in [3.63, 3.8) is 0 Å². The number of thiazole rings is 1. The number of benzene rings is 2. The van der Waals surface area contributed by atoms with Crippen molar-refractivity contribution >= 4 is 23.4 Å². The van der Waals surface area contributed by atoms with Crippen LogP contribution in [0.25, 0.3) is 6.08 Å². The quantitative estimate of drug-likeness (QED) is 0.459. The second-order valence-electron chi connectivity index (χ2n) is 8.76. The van der Waals surface area contributed by atoms with Crippen molar-refractivity contribution in [2.75, 3.05) is 21.0 Å². The summed E-state index contributed by atoms with van der Waals surface area (Å²) in [4.78, 5) is 31.7. The van der Waals surface area contributed by atoms with Gasteiger partial charge in [-0.1, -0.05) is 23.5 Å². The van der Waals surface area contributed by atoms with Gasteiger partial charge in [-0.3, -0.25) is 9.36 Å². The SMILES string of the molecule is COC(=O)C1=C(C)N=c2sc(=Cc3ccc4c(c3)OCO4)c(=O)n2[C@@H]1c1ccc(OC(C)C)c(OC)c1. The van der Waals surface area contributed by atoms with E-state index in [1.165, 1.54) is 23.0 Å². The first-order valence-electron chi connectivity index (χ1n) is 11.7. The molecule has 0 fully saturated rings. The average Bonchev–Trinajstić information content (AvgIpc) is 3.46. The number of hydrogen-bond donors (Lipinski definition) is 0. The fourth-order valence-corrected chi connectivity index (χ4v) is 5.41. The fraction of sp³-hybridized carbons (Fsp3) is 0.296. The number of ether oxygens (including phenoxy) is 5. The summed E-state index contributed by atoms with van der Waals surface area (Å²) in [5.41, 5.74) is 1.94. The summed E-state index contributed by atoms with van der Waals surface area (Å²) in [6.07, 6.45) is 1.72. The average molecular weight is 523 g/mol. The van der Waals surface area contributed by atoms with Gasteiger partial charge in [0.1, 0.15) is 0 Å². The van der Waals surface area contributed by atoms with Gasteiger partial charge in [-0.2, -0.15) is 0 Å². The summed E-state index contributed by atoms with van der Waals surface area (Å²) in [6, 6.07) is 10.1. The third kappa shape index (κ3) is 4.48. The fourth-order valence-electron chi connectivity index (χ4n) is 4.37. The highest BCUT2D eigenvalue weighted by atomic mass is 32.1. The molecule has 1 atom stereocenters. The molecule has 0 unspecified atom stereocenters. The van der Waals surface area contributed by atoms with Crippen molar-refractivity contribution in [3.8, 4) is 23.0 Å². The van der Waals surface area contributed by atoms with Crippen molar-refractivity contribution in [2.24, 2.45) is 4.99 Å². The van der Waals surface area contributed by atoms with Crippen molar-refractivity contribution in [2.45, 2.75) is 32.9 Å². The second-order valence-corrected chi connectivity index (χ2v) is 9.77. The van der Waals surface area contributed by atoms with Crippen molar-refractivity contribution < 1.29 is 28.5 Å². The molecule has 0 radical (unpaired) electrons. The van der Waals surface area contributed by atoms with Gasteiger partial charge in [0, 0.05) is 0 Å². The van der Waals surface area contributed by atoms with E-state index < -0.39 is 12.0 Å². The van der Waals surface area contributed by atoms with E-state index in [1.54, 1.807) is 38.3 Å². The molecule has 0 saturated carbocycles. The summed E-state index contributed by atoms with van der Waals surface area (Å²) in [7, 11) is 2.86. The number of aromatic nitrogens is 1. The Labute approximate surface area is 216 Å². The molecule has 0 bridgehead atoms. The Bertz CT molecular complexity index is 1600. The predicted octanol–water partition coefficient (Wildman–Crippen LogP) is 2.93. The summed E-state index contributed by atoms with van der Waals surface area (Å²) >= 11 is 1.25. The van der Waals surface area contributed by atoms with E-state index in [9.17, 15) is 9.59 Å². The molecular weight excluding hydrogens is 496 g/mol. The monoisotopic (exact) mass is 522 g/mol. The van der Waals surface area contributed by atoms with E-state index in [0.29, 0.717) is 43.6 Å². The van der Waals surface area contributed by atoms with E-state index in [-0.39, 0.29) is 24.0 Å². The van der Waals surface area contributed by atoms with Crippen LogP contribution in [0.3, 0.4) is 0 Å².